The number of aliphatic imine (C=N–C) groups is 1. The third-order valence-corrected chi connectivity index (χ3v) is 4.01. The van der Waals surface area contributed by atoms with Gasteiger partial charge in [-0.1, -0.05) is 0 Å². The van der Waals surface area contributed by atoms with E-state index in [1.165, 1.54) is 25.0 Å². The van der Waals surface area contributed by atoms with Crippen molar-refractivity contribution in [2.45, 2.75) is 18.4 Å². The lowest BCUT2D eigenvalue weighted by Gasteiger charge is -2.39. The molecule has 0 spiro atoms. The molecule has 0 aromatic heterocycles. The van der Waals surface area contributed by atoms with Crippen LogP contribution in [0.3, 0.4) is 0 Å². The fourth-order valence-electron chi connectivity index (χ4n) is 2.98. The summed E-state index contributed by atoms with van der Waals surface area (Å²) in [5, 5.41) is 0. The van der Waals surface area contributed by atoms with Gasteiger partial charge in [0.2, 0.25) is 0 Å². The minimum Gasteiger partial charge on any atom is -0.382 e. The normalized spacial score (nSPS) is 26.6. The minimum atomic E-state index is -0.248. The number of rotatable bonds is 4. The first-order chi connectivity index (χ1) is 9.17. The van der Waals surface area contributed by atoms with Crippen molar-refractivity contribution >= 4 is 11.6 Å². The number of nitrogens with two attached hydrogens (primary N) is 1. The van der Waals surface area contributed by atoms with Crippen LogP contribution in [0.1, 0.15) is 12.8 Å². The molecule has 0 bridgehead atoms. The largest absolute Gasteiger partial charge is 0.382 e. The van der Waals surface area contributed by atoms with Crippen molar-refractivity contribution in [1.82, 2.24) is 0 Å². The summed E-state index contributed by atoms with van der Waals surface area (Å²) in [6.07, 6.45) is 2.34. The van der Waals surface area contributed by atoms with E-state index in [2.05, 4.69) is 4.99 Å². The van der Waals surface area contributed by atoms with Crippen LogP contribution in [0.5, 0.6) is 0 Å². The molecule has 1 unspecified atom stereocenters. The Morgan fingerprint density at radius 1 is 1.42 bits per heavy atom. The smallest absolute Gasteiger partial charge is 0.196 e. The molecule has 2 N–H and O–H groups in total. The average molecular weight is 263 g/mol. The first-order valence-corrected chi connectivity index (χ1v) is 6.52. The van der Waals surface area contributed by atoms with Crippen LogP contribution >= 0.6 is 0 Å². The average Bonchev–Trinajstić information content (AvgIpc) is 3.19. The van der Waals surface area contributed by atoms with E-state index in [0.717, 1.165) is 5.69 Å². The standard InChI is InChI=1S/C14H18FN3O/c1-19-9-14(10-2-3-10)8-17-13(16)18(14)12-6-4-11(15)5-7-12/h4-7,10H,2-3,8-9H2,1H3,(H2,16,17). The van der Waals surface area contributed by atoms with Crippen LogP contribution in [-0.4, -0.2) is 31.8 Å². The minimum absolute atomic E-state index is 0.198. The quantitative estimate of drug-likeness (QED) is 0.900. The van der Waals surface area contributed by atoms with Gasteiger partial charge < -0.3 is 15.4 Å². The summed E-state index contributed by atoms with van der Waals surface area (Å²) in [4.78, 5) is 6.42. The number of nitrogens with zero attached hydrogens (tertiary/aromatic N) is 2. The van der Waals surface area contributed by atoms with Crippen molar-refractivity contribution in [3.63, 3.8) is 0 Å². The fraction of sp³-hybridized carbons (Fsp3) is 0.500. The molecule has 1 aliphatic heterocycles. The summed E-state index contributed by atoms with van der Waals surface area (Å²) >= 11 is 0. The number of guanidine groups is 1. The predicted octanol–water partition coefficient (Wildman–Crippen LogP) is 1.76. The number of halogens is 1. The number of ether oxygens (including phenoxy) is 1. The molecule has 0 saturated heterocycles. The highest BCUT2D eigenvalue weighted by Crippen LogP contribution is 2.47. The van der Waals surface area contributed by atoms with Crippen LogP contribution < -0.4 is 10.6 Å². The van der Waals surface area contributed by atoms with Gasteiger partial charge in [-0.3, -0.25) is 4.99 Å². The second-order valence-electron chi connectivity index (χ2n) is 5.30. The highest BCUT2D eigenvalue weighted by Gasteiger charge is 2.53. The third-order valence-electron chi connectivity index (χ3n) is 4.01. The van der Waals surface area contributed by atoms with Crippen LogP contribution in [0.2, 0.25) is 0 Å². The number of anilines is 1. The number of hydrogen-bond donors (Lipinski definition) is 1. The molecule has 5 heteroatoms. The van der Waals surface area contributed by atoms with Gasteiger partial charge in [-0.25, -0.2) is 4.39 Å². The van der Waals surface area contributed by atoms with Crippen molar-refractivity contribution in [2.75, 3.05) is 25.2 Å². The fourth-order valence-corrected chi connectivity index (χ4v) is 2.98. The molecule has 3 rings (SSSR count). The lowest BCUT2D eigenvalue weighted by atomic mass is 9.92. The Bertz CT molecular complexity index is 498. The van der Waals surface area contributed by atoms with E-state index in [4.69, 9.17) is 10.5 Å². The van der Waals surface area contributed by atoms with Gasteiger partial charge in [-0.15, -0.1) is 0 Å². The maximum atomic E-state index is 13.1. The molecule has 0 radical (unpaired) electrons. The zero-order chi connectivity index (χ0) is 13.5. The second kappa shape index (κ2) is 4.49. The molecule has 1 saturated carbocycles. The molecular formula is C14H18FN3O. The van der Waals surface area contributed by atoms with Gasteiger partial charge in [-0.05, 0) is 43.0 Å². The second-order valence-corrected chi connectivity index (χ2v) is 5.30. The van der Waals surface area contributed by atoms with Gasteiger partial charge in [0.15, 0.2) is 5.96 Å². The number of benzene rings is 1. The Morgan fingerprint density at radius 3 is 2.68 bits per heavy atom. The summed E-state index contributed by atoms with van der Waals surface area (Å²) in [7, 11) is 1.70. The van der Waals surface area contributed by atoms with E-state index < -0.39 is 0 Å². The monoisotopic (exact) mass is 263 g/mol. The molecule has 4 nitrogen and oxygen atoms in total. The molecule has 1 atom stereocenters. The zero-order valence-electron chi connectivity index (χ0n) is 11.0. The molecule has 2 aliphatic rings. The van der Waals surface area contributed by atoms with Gasteiger partial charge in [-0.2, -0.15) is 0 Å². The third kappa shape index (κ3) is 1.98. The van der Waals surface area contributed by atoms with Crippen LogP contribution in [0, 0.1) is 11.7 Å². The number of hydrogen-bond acceptors (Lipinski definition) is 4. The SMILES string of the molecule is COCC1(C2CC2)CN=C(N)N1c1ccc(F)cc1. The maximum Gasteiger partial charge on any atom is 0.196 e. The molecular weight excluding hydrogens is 245 g/mol. The van der Waals surface area contributed by atoms with Gasteiger partial charge >= 0.3 is 0 Å². The first-order valence-electron chi connectivity index (χ1n) is 6.52. The van der Waals surface area contributed by atoms with Gasteiger partial charge in [0.05, 0.1) is 18.7 Å². The summed E-state index contributed by atoms with van der Waals surface area (Å²) in [6, 6.07) is 6.39. The van der Waals surface area contributed by atoms with E-state index in [1.807, 2.05) is 4.90 Å². The van der Waals surface area contributed by atoms with E-state index in [9.17, 15) is 4.39 Å². The molecule has 1 aliphatic carbocycles. The molecule has 1 heterocycles. The summed E-state index contributed by atoms with van der Waals surface area (Å²) in [5.41, 5.74) is 6.73. The molecule has 0 amide bonds. The van der Waals surface area contributed by atoms with Crippen molar-refractivity contribution < 1.29 is 9.13 Å². The van der Waals surface area contributed by atoms with Crippen molar-refractivity contribution in [3.8, 4) is 0 Å². The van der Waals surface area contributed by atoms with Crippen molar-refractivity contribution in [1.29, 1.82) is 0 Å². The molecule has 19 heavy (non-hydrogen) atoms. The topological polar surface area (TPSA) is 50.9 Å². The van der Waals surface area contributed by atoms with Crippen LogP contribution in [0.25, 0.3) is 0 Å². The highest BCUT2D eigenvalue weighted by molar-refractivity contribution is 5.98. The van der Waals surface area contributed by atoms with Crippen LogP contribution in [0.15, 0.2) is 29.3 Å². The van der Waals surface area contributed by atoms with Crippen molar-refractivity contribution in [2.24, 2.45) is 16.6 Å². The maximum absolute atomic E-state index is 13.1. The summed E-state index contributed by atoms with van der Waals surface area (Å²) < 4.78 is 18.5. The lowest BCUT2D eigenvalue weighted by Crippen LogP contribution is -2.56. The zero-order valence-corrected chi connectivity index (χ0v) is 11.0. The van der Waals surface area contributed by atoms with E-state index in [-0.39, 0.29) is 11.4 Å². The van der Waals surface area contributed by atoms with Gasteiger partial charge in [0.25, 0.3) is 0 Å². The molecule has 1 fully saturated rings. The van der Waals surface area contributed by atoms with Gasteiger partial charge in [0, 0.05) is 12.8 Å². The lowest BCUT2D eigenvalue weighted by molar-refractivity contribution is 0.129. The predicted molar refractivity (Wildman–Crippen MR) is 72.7 cm³/mol. The Labute approximate surface area is 112 Å². The Balaban J connectivity index is 1.99. The Kier molecular flexibility index (Phi) is 2.93. The van der Waals surface area contributed by atoms with Crippen LogP contribution in [0.4, 0.5) is 10.1 Å². The molecule has 102 valence electrons. The van der Waals surface area contributed by atoms with Crippen LogP contribution in [-0.2, 0) is 4.74 Å². The highest BCUT2D eigenvalue weighted by atomic mass is 19.1. The van der Waals surface area contributed by atoms with E-state index in [0.29, 0.717) is 25.0 Å². The summed E-state index contributed by atoms with van der Waals surface area (Å²) in [5.74, 6) is 0.792. The first kappa shape index (κ1) is 12.4. The molecule has 1 aromatic carbocycles. The summed E-state index contributed by atoms with van der Waals surface area (Å²) in [6.45, 7) is 1.23. The Hall–Kier alpha value is -1.62. The Morgan fingerprint density at radius 2 is 2.11 bits per heavy atom. The van der Waals surface area contributed by atoms with E-state index >= 15 is 0 Å². The molecule has 1 aromatic rings. The van der Waals surface area contributed by atoms with Crippen molar-refractivity contribution in [3.05, 3.63) is 30.1 Å². The van der Waals surface area contributed by atoms with Gasteiger partial charge in [0.1, 0.15) is 5.82 Å². The van der Waals surface area contributed by atoms with E-state index in [1.54, 1.807) is 19.2 Å². The number of methoxy groups -OCH3 is 1.